The summed E-state index contributed by atoms with van der Waals surface area (Å²) in [5.74, 6) is 1.71. The maximum Gasteiger partial charge on any atom is 0.193 e. The molecule has 0 radical (unpaired) electrons. The molecule has 0 saturated carbocycles. The highest BCUT2D eigenvalue weighted by atomic mass is 127. The van der Waals surface area contributed by atoms with Crippen molar-refractivity contribution in [1.29, 1.82) is 0 Å². The molecule has 0 aliphatic carbocycles. The van der Waals surface area contributed by atoms with Crippen LogP contribution in [0.1, 0.15) is 37.9 Å². The fourth-order valence-corrected chi connectivity index (χ4v) is 3.84. The number of hydrogen-bond donors (Lipinski definition) is 1. The highest BCUT2D eigenvalue weighted by Gasteiger charge is 2.15. The van der Waals surface area contributed by atoms with Crippen molar-refractivity contribution in [3.8, 4) is 0 Å². The number of rotatable bonds is 8. The molecule has 0 saturated heterocycles. The molecule has 1 heterocycles. The third-order valence-corrected chi connectivity index (χ3v) is 5.48. The van der Waals surface area contributed by atoms with Crippen molar-refractivity contribution in [2.75, 3.05) is 25.9 Å². The van der Waals surface area contributed by atoms with Crippen LogP contribution in [-0.4, -0.2) is 50.7 Å². The number of aliphatic imine (C=N–C) groups is 1. The molecule has 28 heavy (non-hydrogen) atoms. The molecule has 0 spiro atoms. The van der Waals surface area contributed by atoms with Gasteiger partial charge in [0.05, 0.1) is 23.0 Å². The third-order valence-electron chi connectivity index (χ3n) is 4.13. The van der Waals surface area contributed by atoms with Gasteiger partial charge in [-0.1, -0.05) is 32.0 Å². The average molecular weight is 517 g/mol. The highest BCUT2D eigenvalue weighted by Crippen LogP contribution is 2.18. The lowest BCUT2D eigenvalue weighted by Crippen LogP contribution is -2.38. The summed E-state index contributed by atoms with van der Waals surface area (Å²) in [5, 5.41) is 7.90. The van der Waals surface area contributed by atoms with Crippen LogP contribution < -0.4 is 5.32 Å². The molecule has 0 fully saturated rings. The molecule has 0 aliphatic rings. The third kappa shape index (κ3) is 7.20. The number of nitrogens with one attached hydrogen (secondary N) is 1. The Morgan fingerprint density at radius 2 is 2.00 bits per heavy atom. The number of halogens is 1. The standard InChI is InChI=1S/C20H31N5OS.HI/c1-6-21-20(22-12-13-27(26)18-10-8-7-9-11-18)24(4)14-17-15-25(5)23-19(17)16(2)3;/h7-11,15-16H,6,12-14H2,1-5H3,(H,21,22);1H. The van der Waals surface area contributed by atoms with Gasteiger partial charge in [0.25, 0.3) is 0 Å². The largest absolute Gasteiger partial charge is 0.357 e. The van der Waals surface area contributed by atoms with E-state index in [9.17, 15) is 4.21 Å². The number of hydrogen-bond acceptors (Lipinski definition) is 3. The highest BCUT2D eigenvalue weighted by molar-refractivity contribution is 14.0. The van der Waals surface area contributed by atoms with E-state index in [-0.39, 0.29) is 24.0 Å². The SMILES string of the molecule is CCNC(=NCCS(=O)c1ccccc1)N(C)Cc1cn(C)nc1C(C)C.I. The van der Waals surface area contributed by atoms with Gasteiger partial charge in [-0.05, 0) is 25.0 Å². The van der Waals surface area contributed by atoms with Gasteiger partial charge < -0.3 is 10.2 Å². The van der Waals surface area contributed by atoms with Crippen LogP contribution in [0.4, 0.5) is 0 Å². The zero-order chi connectivity index (χ0) is 19.8. The predicted molar refractivity (Wildman–Crippen MR) is 128 cm³/mol. The van der Waals surface area contributed by atoms with Crippen LogP contribution in [-0.2, 0) is 24.4 Å². The first-order valence-electron chi connectivity index (χ1n) is 9.37. The second-order valence-electron chi connectivity index (χ2n) is 6.82. The Balaban J connectivity index is 0.00000392. The minimum atomic E-state index is -1.03. The molecule has 0 aliphatic heterocycles. The topological polar surface area (TPSA) is 62.5 Å². The Labute approximate surface area is 188 Å². The fraction of sp³-hybridized carbons (Fsp3) is 0.500. The molecule has 6 nitrogen and oxygen atoms in total. The minimum Gasteiger partial charge on any atom is -0.357 e. The molecule has 156 valence electrons. The molecule has 8 heteroatoms. The normalized spacial score (nSPS) is 12.6. The molecule has 1 N–H and O–H groups in total. The summed E-state index contributed by atoms with van der Waals surface area (Å²) < 4.78 is 14.2. The molecule has 2 rings (SSSR count). The maximum atomic E-state index is 12.4. The van der Waals surface area contributed by atoms with Crippen LogP contribution in [0.3, 0.4) is 0 Å². The monoisotopic (exact) mass is 517 g/mol. The second-order valence-corrected chi connectivity index (χ2v) is 8.39. The summed E-state index contributed by atoms with van der Waals surface area (Å²) in [6, 6.07) is 9.55. The number of guanidine groups is 1. The summed E-state index contributed by atoms with van der Waals surface area (Å²) >= 11 is 0. The zero-order valence-electron chi connectivity index (χ0n) is 17.4. The van der Waals surface area contributed by atoms with Gasteiger partial charge in [0.1, 0.15) is 0 Å². The van der Waals surface area contributed by atoms with Gasteiger partial charge in [-0.3, -0.25) is 13.9 Å². The van der Waals surface area contributed by atoms with Crippen molar-refractivity contribution in [1.82, 2.24) is 20.0 Å². The quantitative estimate of drug-likeness (QED) is 0.332. The van der Waals surface area contributed by atoms with E-state index in [0.717, 1.165) is 29.6 Å². The van der Waals surface area contributed by atoms with Gasteiger partial charge in [-0.2, -0.15) is 5.10 Å². The van der Waals surface area contributed by atoms with Gasteiger partial charge in [-0.15, -0.1) is 24.0 Å². The summed E-state index contributed by atoms with van der Waals surface area (Å²) in [6.45, 7) is 8.39. The van der Waals surface area contributed by atoms with E-state index in [1.165, 1.54) is 5.56 Å². The van der Waals surface area contributed by atoms with Gasteiger partial charge in [-0.25, -0.2) is 0 Å². The molecule has 1 unspecified atom stereocenters. The summed E-state index contributed by atoms with van der Waals surface area (Å²) in [5.41, 5.74) is 2.32. The van der Waals surface area contributed by atoms with E-state index in [1.807, 2.05) is 49.1 Å². The van der Waals surface area contributed by atoms with Crippen molar-refractivity contribution < 1.29 is 4.21 Å². The van der Waals surface area contributed by atoms with Gasteiger partial charge in [0, 0.05) is 49.6 Å². The van der Waals surface area contributed by atoms with Crippen LogP contribution in [0.2, 0.25) is 0 Å². The Kier molecular flexibility index (Phi) is 10.7. The van der Waals surface area contributed by atoms with Gasteiger partial charge >= 0.3 is 0 Å². The average Bonchev–Trinajstić information content (AvgIpc) is 3.02. The van der Waals surface area contributed by atoms with Crippen molar-refractivity contribution in [2.24, 2.45) is 12.0 Å². The zero-order valence-corrected chi connectivity index (χ0v) is 20.5. The van der Waals surface area contributed by atoms with Gasteiger partial charge in [0.15, 0.2) is 5.96 Å². The molecule has 1 aromatic heterocycles. The van der Waals surface area contributed by atoms with E-state index < -0.39 is 10.8 Å². The fourth-order valence-electron chi connectivity index (χ4n) is 2.89. The molecular formula is C20H32IN5OS. The first-order chi connectivity index (χ1) is 12.9. The molecule has 0 bridgehead atoms. The van der Waals surface area contributed by atoms with E-state index in [1.54, 1.807) is 0 Å². The van der Waals surface area contributed by atoms with Crippen molar-refractivity contribution >= 4 is 40.7 Å². The van der Waals surface area contributed by atoms with Crippen LogP contribution in [0.15, 0.2) is 46.4 Å². The summed E-state index contributed by atoms with van der Waals surface area (Å²) in [6.07, 6.45) is 2.07. The number of aromatic nitrogens is 2. The molecule has 1 aromatic carbocycles. The lowest BCUT2D eigenvalue weighted by molar-refractivity contribution is 0.474. The lowest BCUT2D eigenvalue weighted by Gasteiger charge is -2.22. The van der Waals surface area contributed by atoms with E-state index in [4.69, 9.17) is 0 Å². The van der Waals surface area contributed by atoms with Crippen LogP contribution in [0, 0.1) is 0 Å². The van der Waals surface area contributed by atoms with E-state index in [2.05, 4.69) is 47.3 Å². The lowest BCUT2D eigenvalue weighted by atomic mass is 10.1. The minimum absolute atomic E-state index is 0. The Morgan fingerprint density at radius 3 is 2.61 bits per heavy atom. The van der Waals surface area contributed by atoms with Crippen molar-refractivity contribution in [3.63, 3.8) is 0 Å². The van der Waals surface area contributed by atoms with Crippen molar-refractivity contribution in [2.45, 2.75) is 38.1 Å². The Hall–Kier alpha value is -1.42. The van der Waals surface area contributed by atoms with E-state index in [0.29, 0.717) is 18.2 Å². The molecule has 0 amide bonds. The number of nitrogens with zero attached hydrogens (tertiary/aromatic N) is 4. The maximum absolute atomic E-state index is 12.4. The van der Waals surface area contributed by atoms with E-state index >= 15 is 0 Å². The summed E-state index contributed by atoms with van der Waals surface area (Å²) in [7, 11) is 2.94. The predicted octanol–water partition coefficient (Wildman–Crippen LogP) is 3.37. The smallest absolute Gasteiger partial charge is 0.193 e. The van der Waals surface area contributed by atoms with Crippen LogP contribution in [0.25, 0.3) is 0 Å². The molecule has 2 aromatic rings. The first-order valence-corrected chi connectivity index (χ1v) is 10.7. The van der Waals surface area contributed by atoms with Crippen LogP contribution >= 0.6 is 24.0 Å². The van der Waals surface area contributed by atoms with Crippen LogP contribution in [0.5, 0.6) is 0 Å². The Morgan fingerprint density at radius 1 is 1.32 bits per heavy atom. The van der Waals surface area contributed by atoms with Gasteiger partial charge in [0.2, 0.25) is 0 Å². The first kappa shape index (κ1) is 24.6. The molecule has 1 atom stereocenters. The van der Waals surface area contributed by atoms with Crippen molar-refractivity contribution in [3.05, 3.63) is 47.8 Å². The second kappa shape index (κ2) is 12.2. The Bertz CT molecular complexity index is 776. The number of aryl methyl sites for hydroxylation is 1. The summed E-state index contributed by atoms with van der Waals surface area (Å²) in [4.78, 5) is 7.61. The number of benzene rings is 1. The molecular weight excluding hydrogens is 485 g/mol.